The Morgan fingerprint density at radius 3 is 2.85 bits per heavy atom. The SMILES string of the molecule is CCOc1cc2ncnc(Nc3ccc(F)c(Cl)c3)c2cc1CC(=O)/C=C/CN(C)CCCO. The van der Waals surface area contributed by atoms with Gasteiger partial charge in [0, 0.05) is 48.8 Å². The molecule has 2 N–H and O–H groups in total. The minimum Gasteiger partial charge on any atom is -0.494 e. The average Bonchev–Trinajstić information content (AvgIpc) is 2.81. The van der Waals surface area contributed by atoms with Crippen LogP contribution in [-0.2, 0) is 11.2 Å². The highest BCUT2D eigenvalue weighted by Crippen LogP contribution is 2.31. The first-order chi connectivity index (χ1) is 16.4. The van der Waals surface area contributed by atoms with Crippen molar-refractivity contribution in [1.82, 2.24) is 14.9 Å². The molecule has 0 amide bonds. The number of allylic oxidation sites excluding steroid dienone is 1. The molecule has 0 aliphatic carbocycles. The van der Waals surface area contributed by atoms with Crippen molar-refractivity contribution in [2.45, 2.75) is 19.8 Å². The van der Waals surface area contributed by atoms with Crippen molar-refractivity contribution < 1.29 is 19.0 Å². The van der Waals surface area contributed by atoms with Crippen molar-refractivity contribution in [1.29, 1.82) is 0 Å². The quantitative estimate of drug-likeness (QED) is 0.363. The second kappa shape index (κ2) is 12.4. The monoisotopic (exact) mass is 486 g/mol. The number of hydrogen-bond acceptors (Lipinski definition) is 7. The minimum absolute atomic E-state index is 0.00192. The molecule has 0 atom stereocenters. The summed E-state index contributed by atoms with van der Waals surface area (Å²) < 4.78 is 19.3. The highest BCUT2D eigenvalue weighted by molar-refractivity contribution is 6.31. The fourth-order valence-corrected chi connectivity index (χ4v) is 3.59. The summed E-state index contributed by atoms with van der Waals surface area (Å²) in [6, 6.07) is 7.95. The molecule has 0 fully saturated rings. The molecule has 0 saturated heterocycles. The second-order valence-electron chi connectivity index (χ2n) is 7.77. The lowest BCUT2D eigenvalue weighted by Crippen LogP contribution is -2.20. The van der Waals surface area contributed by atoms with E-state index in [9.17, 15) is 9.18 Å². The highest BCUT2D eigenvalue weighted by Gasteiger charge is 2.14. The van der Waals surface area contributed by atoms with Crippen LogP contribution in [0.15, 0.2) is 48.8 Å². The molecule has 0 spiro atoms. The lowest BCUT2D eigenvalue weighted by molar-refractivity contribution is -0.114. The van der Waals surface area contributed by atoms with E-state index >= 15 is 0 Å². The minimum atomic E-state index is -0.505. The van der Waals surface area contributed by atoms with Crippen molar-refractivity contribution in [2.24, 2.45) is 0 Å². The van der Waals surface area contributed by atoms with Crippen LogP contribution in [0, 0.1) is 5.82 Å². The van der Waals surface area contributed by atoms with Gasteiger partial charge in [-0.15, -0.1) is 0 Å². The molecule has 0 saturated carbocycles. The number of likely N-dealkylation sites (N-methyl/N-ethyl adjacent to an activating group) is 1. The summed E-state index contributed by atoms with van der Waals surface area (Å²) >= 11 is 5.90. The number of aliphatic hydroxyl groups excluding tert-OH is 1. The van der Waals surface area contributed by atoms with E-state index in [1.165, 1.54) is 18.5 Å². The van der Waals surface area contributed by atoms with Crippen molar-refractivity contribution in [3.05, 3.63) is 65.2 Å². The Hall–Kier alpha value is -3.07. The van der Waals surface area contributed by atoms with E-state index in [-0.39, 0.29) is 23.8 Å². The topological polar surface area (TPSA) is 87.6 Å². The maximum absolute atomic E-state index is 13.5. The number of nitrogens with zero attached hydrogens (tertiary/aromatic N) is 3. The molecule has 0 unspecified atom stereocenters. The first-order valence-electron chi connectivity index (χ1n) is 11.0. The first kappa shape index (κ1) is 25.6. The van der Waals surface area contributed by atoms with E-state index in [2.05, 4.69) is 15.3 Å². The third-order valence-electron chi connectivity index (χ3n) is 5.08. The van der Waals surface area contributed by atoms with E-state index in [0.29, 0.717) is 53.3 Å². The van der Waals surface area contributed by atoms with Gasteiger partial charge in [-0.1, -0.05) is 17.7 Å². The largest absolute Gasteiger partial charge is 0.494 e. The van der Waals surface area contributed by atoms with Crippen LogP contribution < -0.4 is 10.1 Å². The van der Waals surface area contributed by atoms with Crippen molar-refractivity contribution >= 4 is 39.8 Å². The predicted octanol–water partition coefficient (Wildman–Crippen LogP) is 4.55. The first-order valence-corrected chi connectivity index (χ1v) is 11.4. The highest BCUT2D eigenvalue weighted by atomic mass is 35.5. The zero-order valence-corrected chi connectivity index (χ0v) is 20.0. The number of carbonyl (C=O) groups excluding carboxylic acids is 1. The number of benzene rings is 2. The maximum Gasteiger partial charge on any atom is 0.159 e. The van der Waals surface area contributed by atoms with Gasteiger partial charge in [-0.05, 0) is 50.7 Å². The van der Waals surface area contributed by atoms with Gasteiger partial charge in [0.2, 0.25) is 0 Å². The molecule has 3 aromatic rings. The van der Waals surface area contributed by atoms with Crippen LogP contribution in [0.25, 0.3) is 10.9 Å². The van der Waals surface area contributed by atoms with Crippen LogP contribution >= 0.6 is 11.6 Å². The normalized spacial score (nSPS) is 11.5. The number of carbonyl (C=O) groups is 1. The summed E-state index contributed by atoms with van der Waals surface area (Å²) in [7, 11) is 1.93. The number of anilines is 2. The van der Waals surface area contributed by atoms with Gasteiger partial charge in [-0.2, -0.15) is 0 Å². The van der Waals surface area contributed by atoms with E-state index in [4.69, 9.17) is 21.4 Å². The third kappa shape index (κ3) is 6.96. The number of hydrogen-bond donors (Lipinski definition) is 2. The summed E-state index contributed by atoms with van der Waals surface area (Å²) in [5.74, 6) is 0.527. The van der Waals surface area contributed by atoms with Crippen LogP contribution in [0.1, 0.15) is 18.9 Å². The Kier molecular flexibility index (Phi) is 9.33. The predicted molar refractivity (Wildman–Crippen MR) is 132 cm³/mol. The van der Waals surface area contributed by atoms with Crippen LogP contribution in [0.3, 0.4) is 0 Å². The van der Waals surface area contributed by atoms with Crippen molar-refractivity contribution in [3.63, 3.8) is 0 Å². The molecule has 1 aromatic heterocycles. The lowest BCUT2D eigenvalue weighted by Gasteiger charge is -2.14. The Bertz CT molecular complexity index is 1170. The van der Waals surface area contributed by atoms with Gasteiger partial charge in [0.15, 0.2) is 5.78 Å². The maximum atomic E-state index is 13.5. The molecule has 9 heteroatoms. The number of nitrogens with one attached hydrogen (secondary N) is 1. The number of fused-ring (bicyclic) bond motifs is 1. The molecule has 0 aliphatic rings. The van der Waals surface area contributed by atoms with Crippen molar-refractivity contribution in [3.8, 4) is 5.75 Å². The van der Waals surface area contributed by atoms with E-state index < -0.39 is 5.82 Å². The van der Waals surface area contributed by atoms with E-state index in [1.54, 1.807) is 18.2 Å². The Morgan fingerprint density at radius 1 is 1.29 bits per heavy atom. The van der Waals surface area contributed by atoms with Gasteiger partial charge in [0.25, 0.3) is 0 Å². The summed E-state index contributed by atoms with van der Waals surface area (Å²) in [5, 5.41) is 12.8. The number of ether oxygens (including phenoxy) is 1. The Balaban J connectivity index is 1.85. The molecular weight excluding hydrogens is 459 g/mol. The number of aromatic nitrogens is 2. The number of ketones is 1. The molecule has 2 aromatic carbocycles. The van der Waals surface area contributed by atoms with Gasteiger partial charge in [0.1, 0.15) is 23.7 Å². The molecule has 1 heterocycles. The van der Waals surface area contributed by atoms with Gasteiger partial charge >= 0.3 is 0 Å². The fraction of sp³-hybridized carbons (Fsp3) is 0.320. The standard InChI is InChI=1S/C25H28ClFN4O3/c1-3-34-24-15-23-20(13-17(24)12-19(33)6-4-9-31(2)10-5-11-32)25(29-16-28-23)30-18-7-8-22(27)21(26)14-18/h4,6-8,13-16,32H,3,5,9-12H2,1-2H3,(H,28,29,30)/b6-4+. The third-order valence-corrected chi connectivity index (χ3v) is 5.37. The smallest absolute Gasteiger partial charge is 0.159 e. The molecule has 34 heavy (non-hydrogen) atoms. The zero-order chi connectivity index (χ0) is 24.5. The van der Waals surface area contributed by atoms with Crippen LogP contribution in [0.4, 0.5) is 15.9 Å². The van der Waals surface area contributed by atoms with E-state index in [1.807, 2.05) is 31.0 Å². The molecule has 3 rings (SSSR count). The molecule has 0 radical (unpaired) electrons. The van der Waals surface area contributed by atoms with Gasteiger partial charge in [-0.3, -0.25) is 4.79 Å². The summed E-state index contributed by atoms with van der Waals surface area (Å²) in [6.45, 7) is 3.84. The second-order valence-corrected chi connectivity index (χ2v) is 8.18. The van der Waals surface area contributed by atoms with Crippen LogP contribution in [-0.4, -0.2) is 59.1 Å². The number of aliphatic hydroxyl groups is 1. The van der Waals surface area contributed by atoms with Gasteiger partial charge in [0.05, 0.1) is 17.1 Å². The Labute approximate surface area is 203 Å². The molecule has 0 bridgehead atoms. The summed E-state index contributed by atoms with van der Waals surface area (Å²) in [4.78, 5) is 23.3. The van der Waals surface area contributed by atoms with Gasteiger partial charge in [-0.25, -0.2) is 14.4 Å². The molecule has 180 valence electrons. The fourth-order valence-electron chi connectivity index (χ4n) is 3.41. The summed E-state index contributed by atoms with van der Waals surface area (Å²) in [6.07, 6.45) is 5.65. The van der Waals surface area contributed by atoms with Crippen molar-refractivity contribution in [2.75, 3.05) is 38.7 Å². The molecule has 0 aliphatic heterocycles. The Morgan fingerprint density at radius 2 is 2.12 bits per heavy atom. The lowest BCUT2D eigenvalue weighted by atomic mass is 10.0. The van der Waals surface area contributed by atoms with E-state index in [0.717, 1.165) is 6.54 Å². The van der Waals surface area contributed by atoms with Crippen LogP contribution in [0.2, 0.25) is 5.02 Å². The number of rotatable bonds is 12. The molecular formula is C25H28ClFN4O3. The molecule has 7 nitrogen and oxygen atoms in total. The number of halogens is 2. The average molecular weight is 487 g/mol. The zero-order valence-electron chi connectivity index (χ0n) is 19.2. The van der Waals surface area contributed by atoms with Crippen LogP contribution in [0.5, 0.6) is 5.75 Å². The summed E-state index contributed by atoms with van der Waals surface area (Å²) in [5.41, 5.74) is 1.94. The van der Waals surface area contributed by atoms with Gasteiger partial charge < -0.3 is 20.1 Å².